The second-order valence-electron chi connectivity index (χ2n) is 6.30. The summed E-state index contributed by atoms with van der Waals surface area (Å²) in [6.07, 6.45) is 5.28. The fourth-order valence-corrected chi connectivity index (χ4v) is 4.15. The SMILES string of the molecule is CCN(Cc1ccc(OC)c(Cl)c1)C1CC2CCC(C1)N2. The van der Waals surface area contributed by atoms with Gasteiger partial charge in [-0.2, -0.15) is 0 Å². The van der Waals surface area contributed by atoms with Crippen LogP contribution in [0.2, 0.25) is 5.02 Å². The molecule has 2 unspecified atom stereocenters. The number of halogens is 1. The Bertz CT molecular complexity index is 482. The van der Waals surface area contributed by atoms with Crippen molar-refractivity contribution in [1.29, 1.82) is 0 Å². The van der Waals surface area contributed by atoms with E-state index in [4.69, 9.17) is 16.3 Å². The smallest absolute Gasteiger partial charge is 0.137 e. The van der Waals surface area contributed by atoms with Crippen molar-refractivity contribution in [3.8, 4) is 5.75 Å². The highest BCUT2D eigenvalue weighted by Crippen LogP contribution is 2.31. The molecule has 0 spiro atoms. The van der Waals surface area contributed by atoms with E-state index in [0.29, 0.717) is 11.1 Å². The molecule has 0 amide bonds. The number of nitrogens with one attached hydrogen (secondary N) is 1. The Morgan fingerprint density at radius 1 is 1.29 bits per heavy atom. The summed E-state index contributed by atoms with van der Waals surface area (Å²) in [6.45, 7) is 4.33. The number of nitrogens with zero attached hydrogens (tertiary/aromatic N) is 1. The molecule has 0 aromatic heterocycles. The zero-order valence-corrected chi connectivity index (χ0v) is 13.7. The molecule has 3 rings (SSSR count). The molecule has 2 fully saturated rings. The zero-order valence-electron chi connectivity index (χ0n) is 12.9. The van der Waals surface area contributed by atoms with Crippen LogP contribution < -0.4 is 10.1 Å². The minimum atomic E-state index is 0.703. The first kappa shape index (κ1) is 15.1. The topological polar surface area (TPSA) is 24.5 Å². The van der Waals surface area contributed by atoms with Gasteiger partial charge in [-0.05, 0) is 49.9 Å². The van der Waals surface area contributed by atoms with E-state index in [2.05, 4.69) is 23.2 Å². The molecule has 4 heteroatoms. The molecule has 21 heavy (non-hydrogen) atoms. The van der Waals surface area contributed by atoms with Crippen LogP contribution in [0.4, 0.5) is 0 Å². The third kappa shape index (κ3) is 3.36. The van der Waals surface area contributed by atoms with Gasteiger partial charge in [-0.1, -0.05) is 24.6 Å². The van der Waals surface area contributed by atoms with Crippen LogP contribution >= 0.6 is 11.6 Å². The van der Waals surface area contributed by atoms with Crippen molar-refractivity contribution >= 4 is 11.6 Å². The maximum absolute atomic E-state index is 6.24. The average molecular weight is 309 g/mol. The van der Waals surface area contributed by atoms with E-state index < -0.39 is 0 Å². The van der Waals surface area contributed by atoms with E-state index in [-0.39, 0.29) is 0 Å². The molecule has 116 valence electrons. The van der Waals surface area contributed by atoms with Gasteiger partial charge in [0.25, 0.3) is 0 Å². The van der Waals surface area contributed by atoms with Crippen molar-refractivity contribution in [2.24, 2.45) is 0 Å². The molecule has 2 bridgehead atoms. The van der Waals surface area contributed by atoms with Crippen molar-refractivity contribution in [3.63, 3.8) is 0 Å². The van der Waals surface area contributed by atoms with Crippen LogP contribution in [0.3, 0.4) is 0 Å². The summed E-state index contributed by atoms with van der Waals surface area (Å²) in [5.41, 5.74) is 1.27. The summed E-state index contributed by atoms with van der Waals surface area (Å²) >= 11 is 6.24. The molecule has 2 saturated heterocycles. The maximum atomic E-state index is 6.24. The molecule has 2 atom stereocenters. The number of piperidine rings is 1. The Morgan fingerprint density at radius 2 is 2.00 bits per heavy atom. The van der Waals surface area contributed by atoms with Gasteiger partial charge in [-0.3, -0.25) is 4.90 Å². The van der Waals surface area contributed by atoms with Crippen LogP contribution in [0.25, 0.3) is 0 Å². The first-order valence-electron chi connectivity index (χ1n) is 8.02. The largest absolute Gasteiger partial charge is 0.495 e. The number of hydrogen-bond donors (Lipinski definition) is 1. The number of hydrogen-bond acceptors (Lipinski definition) is 3. The Kier molecular flexibility index (Phi) is 4.72. The molecule has 0 saturated carbocycles. The number of ether oxygens (including phenoxy) is 1. The highest BCUT2D eigenvalue weighted by Gasteiger charge is 2.35. The van der Waals surface area contributed by atoms with E-state index in [9.17, 15) is 0 Å². The van der Waals surface area contributed by atoms with E-state index in [1.165, 1.54) is 31.2 Å². The number of fused-ring (bicyclic) bond motifs is 2. The molecule has 2 aliphatic heterocycles. The summed E-state index contributed by atoms with van der Waals surface area (Å²) in [6, 6.07) is 8.32. The third-order valence-corrected chi connectivity index (χ3v) is 5.27. The molecule has 0 radical (unpaired) electrons. The minimum absolute atomic E-state index is 0.703. The Balaban J connectivity index is 1.68. The lowest BCUT2D eigenvalue weighted by molar-refractivity contribution is 0.140. The molecule has 1 N–H and O–H groups in total. The van der Waals surface area contributed by atoms with Gasteiger partial charge in [0.05, 0.1) is 12.1 Å². The lowest BCUT2D eigenvalue weighted by atomic mass is 9.97. The fourth-order valence-electron chi connectivity index (χ4n) is 3.87. The Hall–Kier alpha value is -0.770. The first-order valence-corrected chi connectivity index (χ1v) is 8.40. The number of rotatable bonds is 5. The molecule has 2 heterocycles. The van der Waals surface area contributed by atoms with Crippen LogP contribution in [-0.4, -0.2) is 36.7 Å². The highest BCUT2D eigenvalue weighted by atomic mass is 35.5. The van der Waals surface area contributed by atoms with Crippen molar-refractivity contribution in [2.45, 2.75) is 57.3 Å². The molecule has 1 aromatic carbocycles. The van der Waals surface area contributed by atoms with Crippen molar-refractivity contribution in [1.82, 2.24) is 10.2 Å². The molecular formula is C17H25ClN2O. The van der Waals surface area contributed by atoms with E-state index >= 15 is 0 Å². The second kappa shape index (κ2) is 6.55. The predicted molar refractivity (Wildman–Crippen MR) is 87.1 cm³/mol. The second-order valence-corrected chi connectivity index (χ2v) is 6.70. The third-order valence-electron chi connectivity index (χ3n) is 4.97. The number of methoxy groups -OCH3 is 1. The zero-order chi connectivity index (χ0) is 14.8. The van der Waals surface area contributed by atoms with Crippen molar-refractivity contribution < 1.29 is 4.74 Å². The van der Waals surface area contributed by atoms with E-state index in [0.717, 1.165) is 30.9 Å². The van der Waals surface area contributed by atoms with Crippen LogP contribution in [0.1, 0.15) is 38.2 Å². The Morgan fingerprint density at radius 3 is 2.57 bits per heavy atom. The molecular weight excluding hydrogens is 284 g/mol. The van der Waals surface area contributed by atoms with Gasteiger partial charge < -0.3 is 10.1 Å². The van der Waals surface area contributed by atoms with E-state index in [1.54, 1.807) is 7.11 Å². The monoisotopic (exact) mass is 308 g/mol. The van der Waals surface area contributed by atoms with Crippen LogP contribution in [0, 0.1) is 0 Å². The van der Waals surface area contributed by atoms with Gasteiger partial charge >= 0.3 is 0 Å². The number of benzene rings is 1. The summed E-state index contributed by atoms with van der Waals surface area (Å²) in [7, 11) is 1.66. The van der Waals surface area contributed by atoms with Gasteiger partial charge in [0, 0.05) is 24.7 Å². The predicted octanol–water partition coefficient (Wildman–Crippen LogP) is 3.45. The van der Waals surface area contributed by atoms with Crippen LogP contribution in [-0.2, 0) is 6.54 Å². The highest BCUT2D eigenvalue weighted by molar-refractivity contribution is 6.32. The quantitative estimate of drug-likeness (QED) is 0.901. The molecule has 0 aliphatic carbocycles. The van der Waals surface area contributed by atoms with Crippen molar-refractivity contribution in [3.05, 3.63) is 28.8 Å². The summed E-state index contributed by atoms with van der Waals surface area (Å²) in [5, 5.41) is 4.43. The first-order chi connectivity index (χ1) is 10.2. The fraction of sp³-hybridized carbons (Fsp3) is 0.647. The van der Waals surface area contributed by atoms with Gasteiger partial charge in [-0.15, -0.1) is 0 Å². The lowest BCUT2D eigenvalue weighted by Crippen LogP contribution is -2.47. The van der Waals surface area contributed by atoms with Gasteiger partial charge in [0.2, 0.25) is 0 Å². The van der Waals surface area contributed by atoms with Crippen LogP contribution in [0.15, 0.2) is 18.2 Å². The average Bonchev–Trinajstić information content (AvgIpc) is 2.83. The van der Waals surface area contributed by atoms with Gasteiger partial charge in [0.1, 0.15) is 5.75 Å². The van der Waals surface area contributed by atoms with Crippen molar-refractivity contribution in [2.75, 3.05) is 13.7 Å². The van der Waals surface area contributed by atoms with E-state index in [1.807, 2.05) is 12.1 Å². The summed E-state index contributed by atoms with van der Waals surface area (Å²) in [5.74, 6) is 0.753. The minimum Gasteiger partial charge on any atom is -0.495 e. The Labute approximate surface area is 132 Å². The standard InChI is InChI=1S/C17H25ClN2O/c1-3-20(15-9-13-5-6-14(10-15)19-13)11-12-4-7-17(21-2)16(18)8-12/h4,7-8,13-15,19H,3,5-6,9-11H2,1-2H3. The normalized spacial score (nSPS) is 28.1. The summed E-state index contributed by atoms with van der Waals surface area (Å²) in [4.78, 5) is 2.60. The summed E-state index contributed by atoms with van der Waals surface area (Å²) < 4.78 is 5.23. The van der Waals surface area contributed by atoms with Crippen LogP contribution in [0.5, 0.6) is 5.75 Å². The maximum Gasteiger partial charge on any atom is 0.137 e. The molecule has 1 aromatic rings. The molecule has 2 aliphatic rings. The van der Waals surface area contributed by atoms with Gasteiger partial charge in [0.15, 0.2) is 0 Å². The lowest BCUT2D eigenvalue weighted by Gasteiger charge is -2.37. The molecule has 3 nitrogen and oxygen atoms in total. The van der Waals surface area contributed by atoms with Gasteiger partial charge in [-0.25, -0.2) is 0 Å².